The number of ether oxygens (including phenoxy) is 1. The Morgan fingerprint density at radius 1 is 0.889 bits per heavy atom. The monoisotopic (exact) mass is 379 g/mol. The van der Waals surface area contributed by atoms with Crippen molar-refractivity contribution in [1.29, 1.82) is 0 Å². The van der Waals surface area contributed by atoms with E-state index in [2.05, 4.69) is 4.72 Å². The molecule has 0 spiro atoms. The van der Waals surface area contributed by atoms with Gasteiger partial charge in [0.2, 0.25) is 0 Å². The first-order chi connectivity index (χ1) is 13.0. The summed E-state index contributed by atoms with van der Waals surface area (Å²) in [6, 6.07) is 23.9. The predicted octanol–water partition coefficient (Wildman–Crippen LogP) is 4.37. The van der Waals surface area contributed by atoms with Crippen LogP contribution in [0.25, 0.3) is 5.57 Å². The summed E-state index contributed by atoms with van der Waals surface area (Å²) >= 11 is 0. The molecular weight excluding hydrogens is 358 g/mol. The van der Waals surface area contributed by atoms with E-state index in [-0.39, 0.29) is 4.90 Å². The van der Waals surface area contributed by atoms with E-state index in [0.29, 0.717) is 5.75 Å². The summed E-state index contributed by atoms with van der Waals surface area (Å²) in [4.78, 5) is 0.224. The van der Waals surface area contributed by atoms with E-state index in [0.717, 1.165) is 22.3 Å². The summed E-state index contributed by atoms with van der Waals surface area (Å²) in [6.45, 7) is 1.92. The lowest BCUT2D eigenvalue weighted by Gasteiger charge is -2.12. The van der Waals surface area contributed by atoms with Crippen LogP contribution >= 0.6 is 0 Å². The molecular formula is C22H21NO3S. The molecule has 5 heteroatoms. The van der Waals surface area contributed by atoms with Crippen molar-refractivity contribution in [2.45, 2.75) is 11.8 Å². The standard InChI is InChI=1S/C22H21NO3S/c1-17-11-13-21(14-12-17)27(24,25)23-16-22(18-7-4-3-5-8-18)19-9-6-10-20(15-19)26-2/h3-16,23H,1-2H3/b22-16-. The first kappa shape index (κ1) is 18.7. The highest BCUT2D eigenvalue weighted by atomic mass is 32.2. The minimum absolute atomic E-state index is 0.224. The zero-order chi connectivity index (χ0) is 19.3. The summed E-state index contributed by atoms with van der Waals surface area (Å²) in [5.41, 5.74) is 3.51. The molecule has 0 saturated carbocycles. The Morgan fingerprint density at radius 3 is 2.22 bits per heavy atom. The zero-order valence-corrected chi connectivity index (χ0v) is 16.0. The van der Waals surface area contributed by atoms with Gasteiger partial charge >= 0.3 is 0 Å². The van der Waals surface area contributed by atoms with Gasteiger partial charge in [0, 0.05) is 11.8 Å². The maximum atomic E-state index is 12.7. The summed E-state index contributed by atoms with van der Waals surface area (Å²) in [5, 5.41) is 0. The van der Waals surface area contributed by atoms with E-state index in [9.17, 15) is 8.42 Å². The van der Waals surface area contributed by atoms with E-state index >= 15 is 0 Å². The summed E-state index contributed by atoms with van der Waals surface area (Å²) in [6.07, 6.45) is 1.53. The molecule has 3 aromatic carbocycles. The SMILES string of the molecule is COc1cccc(/C(=C\NS(=O)(=O)c2ccc(C)cc2)c2ccccc2)c1. The normalized spacial score (nSPS) is 11.9. The third-order valence-corrected chi connectivity index (χ3v) is 5.48. The Labute approximate surface area is 160 Å². The molecule has 27 heavy (non-hydrogen) atoms. The molecule has 0 fully saturated rings. The maximum absolute atomic E-state index is 12.7. The van der Waals surface area contributed by atoms with Gasteiger partial charge in [-0.2, -0.15) is 0 Å². The van der Waals surface area contributed by atoms with Crippen LogP contribution in [0.3, 0.4) is 0 Å². The van der Waals surface area contributed by atoms with Gasteiger partial charge in [-0.05, 0) is 42.3 Å². The number of hydrogen-bond donors (Lipinski definition) is 1. The summed E-state index contributed by atoms with van der Waals surface area (Å²) in [7, 11) is -2.06. The lowest BCUT2D eigenvalue weighted by atomic mass is 9.99. The molecule has 0 aliphatic carbocycles. The topological polar surface area (TPSA) is 55.4 Å². The van der Waals surface area contributed by atoms with E-state index in [4.69, 9.17) is 4.74 Å². The molecule has 0 aliphatic rings. The molecule has 0 atom stereocenters. The highest BCUT2D eigenvalue weighted by Gasteiger charge is 2.13. The van der Waals surface area contributed by atoms with Crippen molar-refractivity contribution in [1.82, 2.24) is 4.72 Å². The summed E-state index contributed by atoms with van der Waals surface area (Å²) < 4.78 is 33.2. The molecule has 0 aliphatic heterocycles. The van der Waals surface area contributed by atoms with Crippen LogP contribution < -0.4 is 9.46 Å². The molecule has 138 valence electrons. The van der Waals surface area contributed by atoms with E-state index in [1.54, 1.807) is 31.4 Å². The van der Waals surface area contributed by atoms with Gasteiger partial charge in [-0.3, -0.25) is 4.72 Å². The van der Waals surface area contributed by atoms with E-state index in [1.165, 1.54) is 6.20 Å². The fourth-order valence-corrected chi connectivity index (χ4v) is 3.57. The fourth-order valence-electron chi connectivity index (χ4n) is 2.66. The van der Waals surface area contributed by atoms with Crippen molar-refractivity contribution >= 4 is 15.6 Å². The molecule has 0 aromatic heterocycles. The van der Waals surface area contributed by atoms with Crippen LogP contribution in [-0.2, 0) is 10.0 Å². The Hall–Kier alpha value is -3.05. The molecule has 0 heterocycles. The number of nitrogens with one attached hydrogen (secondary N) is 1. The van der Waals surface area contributed by atoms with Crippen LogP contribution in [0.4, 0.5) is 0 Å². The van der Waals surface area contributed by atoms with Crippen LogP contribution in [0.5, 0.6) is 5.75 Å². The Kier molecular flexibility index (Phi) is 5.62. The molecule has 0 unspecified atom stereocenters. The molecule has 1 N–H and O–H groups in total. The van der Waals surface area contributed by atoms with E-state index < -0.39 is 10.0 Å². The van der Waals surface area contributed by atoms with Crippen molar-refractivity contribution in [2.75, 3.05) is 7.11 Å². The lowest BCUT2D eigenvalue weighted by molar-refractivity contribution is 0.414. The lowest BCUT2D eigenvalue weighted by Crippen LogP contribution is -2.18. The van der Waals surface area contributed by atoms with Crippen LogP contribution in [0.1, 0.15) is 16.7 Å². The smallest absolute Gasteiger partial charge is 0.261 e. The van der Waals surface area contributed by atoms with Crippen LogP contribution in [0, 0.1) is 6.92 Å². The number of sulfonamides is 1. The average molecular weight is 379 g/mol. The Morgan fingerprint density at radius 2 is 1.56 bits per heavy atom. The van der Waals surface area contributed by atoms with Gasteiger partial charge < -0.3 is 4.74 Å². The van der Waals surface area contributed by atoms with Crippen molar-refractivity contribution in [3.05, 3.63) is 102 Å². The highest BCUT2D eigenvalue weighted by molar-refractivity contribution is 7.89. The molecule has 4 nitrogen and oxygen atoms in total. The van der Waals surface area contributed by atoms with Crippen LogP contribution in [0.2, 0.25) is 0 Å². The Balaban J connectivity index is 2.01. The van der Waals surface area contributed by atoms with Crippen molar-refractivity contribution < 1.29 is 13.2 Å². The Bertz CT molecular complexity index is 1040. The number of methoxy groups -OCH3 is 1. The molecule has 0 bridgehead atoms. The van der Waals surface area contributed by atoms with Gasteiger partial charge in [0.05, 0.1) is 12.0 Å². The average Bonchev–Trinajstić information content (AvgIpc) is 2.69. The second-order valence-electron chi connectivity index (χ2n) is 6.09. The van der Waals surface area contributed by atoms with Crippen LogP contribution in [0.15, 0.2) is 90.0 Å². The number of aryl methyl sites for hydroxylation is 1. The third-order valence-electron chi connectivity index (χ3n) is 4.16. The van der Waals surface area contributed by atoms with Gasteiger partial charge in [-0.15, -0.1) is 0 Å². The number of benzene rings is 3. The second kappa shape index (κ2) is 8.10. The predicted molar refractivity (Wildman–Crippen MR) is 108 cm³/mol. The van der Waals surface area contributed by atoms with E-state index in [1.807, 2.05) is 61.5 Å². The molecule has 0 radical (unpaired) electrons. The summed E-state index contributed by atoms with van der Waals surface area (Å²) in [5.74, 6) is 0.704. The van der Waals surface area contributed by atoms with Gasteiger partial charge in [-0.1, -0.05) is 60.2 Å². The fraction of sp³-hybridized carbons (Fsp3) is 0.0909. The minimum atomic E-state index is -3.66. The minimum Gasteiger partial charge on any atom is -0.497 e. The van der Waals surface area contributed by atoms with Gasteiger partial charge in [0.25, 0.3) is 10.0 Å². The molecule has 0 amide bonds. The van der Waals surface area contributed by atoms with Crippen LogP contribution in [-0.4, -0.2) is 15.5 Å². The van der Waals surface area contributed by atoms with Gasteiger partial charge in [-0.25, -0.2) is 8.42 Å². The third kappa shape index (κ3) is 4.57. The quantitative estimate of drug-likeness (QED) is 0.692. The largest absolute Gasteiger partial charge is 0.497 e. The molecule has 3 rings (SSSR count). The zero-order valence-electron chi connectivity index (χ0n) is 15.2. The van der Waals surface area contributed by atoms with Crippen molar-refractivity contribution in [3.8, 4) is 5.75 Å². The first-order valence-electron chi connectivity index (χ1n) is 8.48. The first-order valence-corrected chi connectivity index (χ1v) is 9.97. The number of rotatable bonds is 6. The van der Waals surface area contributed by atoms with Gasteiger partial charge in [0.1, 0.15) is 5.75 Å². The molecule has 3 aromatic rings. The second-order valence-corrected chi connectivity index (χ2v) is 7.80. The number of hydrogen-bond acceptors (Lipinski definition) is 3. The van der Waals surface area contributed by atoms with Gasteiger partial charge in [0.15, 0.2) is 0 Å². The van der Waals surface area contributed by atoms with Crippen molar-refractivity contribution in [2.24, 2.45) is 0 Å². The van der Waals surface area contributed by atoms with Crippen molar-refractivity contribution in [3.63, 3.8) is 0 Å². The maximum Gasteiger partial charge on any atom is 0.261 e. The highest BCUT2D eigenvalue weighted by Crippen LogP contribution is 2.26. The molecule has 0 saturated heterocycles.